The Hall–Kier alpha value is -0.0400. The van der Waals surface area contributed by atoms with Crippen molar-refractivity contribution in [1.29, 1.82) is 0 Å². The molecule has 0 radical (unpaired) electrons. The topological polar surface area (TPSA) is 0 Å². The molecule has 2 aliphatic carbocycles. The standard InChI is InChI=1S/C25H50N/c1-4-5-6-7-8-9-10-11-12-13-14-15-16-17-20-26(2,3)25-22-23-18-19-24(25)21-23/h23-25H,4-22H2,1-3H3/q+1/t23-,24+,25+/m1/s1. The highest BCUT2D eigenvalue weighted by Gasteiger charge is 2.47. The highest BCUT2D eigenvalue weighted by molar-refractivity contribution is 4.91. The van der Waals surface area contributed by atoms with Gasteiger partial charge < -0.3 is 4.48 Å². The van der Waals surface area contributed by atoms with Crippen molar-refractivity contribution in [2.75, 3.05) is 20.6 Å². The van der Waals surface area contributed by atoms with Crippen LogP contribution < -0.4 is 0 Å². The zero-order chi connectivity index (χ0) is 18.7. The first-order valence-electron chi connectivity index (χ1n) is 12.5. The number of quaternary nitrogens is 1. The molecule has 0 amide bonds. The Morgan fingerprint density at radius 2 is 1.12 bits per heavy atom. The molecule has 2 fully saturated rings. The van der Waals surface area contributed by atoms with E-state index in [2.05, 4.69) is 21.0 Å². The molecule has 3 atom stereocenters. The van der Waals surface area contributed by atoms with E-state index in [0.717, 1.165) is 17.9 Å². The quantitative estimate of drug-likeness (QED) is 0.194. The van der Waals surface area contributed by atoms with E-state index in [1.54, 1.807) is 12.8 Å². The average Bonchev–Trinajstić information content (AvgIpc) is 3.26. The molecule has 0 aliphatic heterocycles. The zero-order valence-electron chi connectivity index (χ0n) is 18.6. The van der Waals surface area contributed by atoms with Gasteiger partial charge in [-0.05, 0) is 38.0 Å². The maximum absolute atomic E-state index is 2.52. The number of fused-ring (bicyclic) bond motifs is 2. The van der Waals surface area contributed by atoms with Crippen molar-refractivity contribution in [3.8, 4) is 0 Å². The van der Waals surface area contributed by atoms with E-state index >= 15 is 0 Å². The summed E-state index contributed by atoms with van der Waals surface area (Å²) in [7, 11) is 5.04. The molecule has 0 unspecified atom stereocenters. The fourth-order valence-corrected chi connectivity index (χ4v) is 5.95. The largest absolute Gasteiger partial charge is 0.326 e. The van der Waals surface area contributed by atoms with Crippen molar-refractivity contribution in [3.63, 3.8) is 0 Å². The van der Waals surface area contributed by atoms with E-state index in [1.807, 2.05) is 0 Å². The molecular formula is C25H50N+. The summed E-state index contributed by atoms with van der Waals surface area (Å²) in [5.74, 6) is 2.17. The fraction of sp³-hybridized carbons (Fsp3) is 1.00. The highest BCUT2D eigenvalue weighted by Crippen LogP contribution is 2.47. The summed E-state index contributed by atoms with van der Waals surface area (Å²) in [5, 5.41) is 0. The number of nitrogens with zero attached hydrogens (tertiary/aromatic N) is 1. The van der Waals surface area contributed by atoms with Crippen molar-refractivity contribution < 1.29 is 4.48 Å². The number of hydrogen-bond donors (Lipinski definition) is 0. The normalized spacial score (nSPS) is 25.3. The van der Waals surface area contributed by atoms with Crippen LogP contribution in [-0.2, 0) is 0 Å². The van der Waals surface area contributed by atoms with Crippen LogP contribution in [0.5, 0.6) is 0 Å². The molecule has 0 spiro atoms. The van der Waals surface area contributed by atoms with Gasteiger partial charge in [-0.2, -0.15) is 0 Å². The molecule has 2 aliphatic rings. The fourth-order valence-electron chi connectivity index (χ4n) is 5.95. The van der Waals surface area contributed by atoms with Gasteiger partial charge in [0.1, 0.15) is 0 Å². The van der Waals surface area contributed by atoms with E-state index in [4.69, 9.17) is 0 Å². The first-order valence-corrected chi connectivity index (χ1v) is 12.5. The lowest BCUT2D eigenvalue weighted by atomic mass is 9.92. The monoisotopic (exact) mass is 364 g/mol. The first kappa shape index (κ1) is 22.3. The van der Waals surface area contributed by atoms with Gasteiger partial charge >= 0.3 is 0 Å². The Morgan fingerprint density at radius 3 is 1.54 bits per heavy atom. The van der Waals surface area contributed by atoms with Gasteiger partial charge in [0, 0.05) is 12.3 Å². The minimum atomic E-state index is 0.996. The summed E-state index contributed by atoms with van der Waals surface area (Å²) < 4.78 is 1.32. The van der Waals surface area contributed by atoms with E-state index in [1.165, 1.54) is 114 Å². The molecule has 2 saturated carbocycles. The van der Waals surface area contributed by atoms with Crippen molar-refractivity contribution in [2.45, 2.75) is 129 Å². The summed E-state index contributed by atoms with van der Waals surface area (Å²) >= 11 is 0. The van der Waals surface area contributed by atoms with E-state index in [0.29, 0.717) is 0 Å². The van der Waals surface area contributed by atoms with Gasteiger partial charge in [-0.1, -0.05) is 84.0 Å². The van der Waals surface area contributed by atoms with E-state index in [9.17, 15) is 0 Å². The van der Waals surface area contributed by atoms with Crippen molar-refractivity contribution in [1.82, 2.24) is 0 Å². The van der Waals surface area contributed by atoms with Crippen LogP contribution in [0.25, 0.3) is 0 Å². The molecule has 0 aromatic heterocycles. The van der Waals surface area contributed by atoms with Gasteiger partial charge in [-0.15, -0.1) is 0 Å². The van der Waals surface area contributed by atoms with Gasteiger partial charge in [-0.25, -0.2) is 0 Å². The van der Waals surface area contributed by atoms with Crippen molar-refractivity contribution >= 4 is 0 Å². The molecule has 0 aromatic carbocycles. The molecule has 2 bridgehead atoms. The van der Waals surface area contributed by atoms with Crippen LogP contribution in [0, 0.1) is 11.8 Å². The van der Waals surface area contributed by atoms with Gasteiger partial charge in [0.25, 0.3) is 0 Å². The first-order chi connectivity index (χ1) is 12.6. The summed E-state index contributed by atoms with van der Waals surface area (Å²) in [6.45, 7) is 3.73. The second kappa shape index (κ2) is 12.4. The Morgan fingerprint density at radius 1 is 0.615 bits per heavy atom. The molecule has 0 saturated heterocycles. The molecule has 0 aromatic rings. The number of rotatable bonds is 16. The Balaban J connectivity index is 1.35. The molecule has 1 heteroatoms. The molecule has 2 rings (SSSR count). The summed E-state index contributed by atoms with van der Waals surface area (Å²) in [4.78, 5) is 0. The van der Waals surface area contributed by atoms with Gasteiger partial charge in [0.2, 0.25) is 0 Å². The molecular weight excluding hydrogens is 314 g/mol. The van der Waals surface area contributed by atoms with Crippen LogP contribution in [0.4, 0.5) is 0 Å². The van der Waals surface area contributed by atoms with E-state index < -0.39 is 0 Å². The Bertz CT molecular complexity index is 348. The van der Waals surface area contributed by atoms with Crippen LogP contribution in [0.2, 0.25) is 0 Å². The Labute approximate surface area is 165 Å². The number of hydrogen-bond acceptors (Lipinski definition) is 0. The van der Waals surface area contributed by atoms with Crippen LogP contribution in [-0.4, -0.2) is 31.2 Å². The van der Waals surface area contributed by atoms with E-state index in [-0.39, 0.29) is 0 Å². The zero-order valence-corrected chi connectivity index (χ0v) is 18.6. The highest BCUT2D eigenvalue weighted by atomic mass is 15.3. The lowest BCUT2D eigenvalue weighted by molar-refractivity contribution is -0.918. The minimum absolute atomic E-state index is 0.996. The predicted octanol–water partition coefficient (Wildman–Crippen LogP) is 7.73. The third-order valence-corrected chi connectivity index (χ3v) is 7.69. The lowest BCUT2D eigenvalue weighted by Gasteiger charge is -2.40. The molecule has 0 N–H and O–H groups in total. The van der Waals surface area contributed by atoms with Crippen LogP contribution >= 0.6 is 0 Å². The number of unbranched alkanes of at least 4 members (excludes halogenated alkanes) is 13. The maximum atomic E-state index is 2.52. The molecule has 0 heterocycles. The lowest BCUT2D eigenvalue weighted by Crippen LogP contribution is -2.51. The molecule has 1 nitrogen and oxygen atoms in total. The van der Waals surface area contributed by atoms with Crippen molar-refractivity contribution in [2.24, 2.45) is 11.8 Å². The molecule has 154 valence electrons. The second-order valence-electron chi connectivity index (χ2n) is 10.3. The average molecular weight is 365 g/mol. The summed E-state index contributed by atoms with van der Waals surface area (Å²) in [5.41, 5.74) is 0. The van der Waals surface area contributed by atoms with Gasteiger partial charge in [0.05, 0.1) is 26.7 Å². The smallest absolute Gasteiger partial charge is 0.0917 e. The SMILES string of the molecule is CCCCCCCCCCCCCCCC[N+](C)(C)[C@H]1C[C@@H]2CC[C@H]1C2. The Kier molecular flexibility index (Phi) is 10.6. The maximum Gasteiger partial charge on any atom is 0.0917 e. The second-order valence-corrected chi connectivity index (χ2v) is 10.3. The minimum Gasteiger partial charge on any atom is -0.326 e. The van der Waals surface area contributed by atoms with Gasteiger partial charge in [-0.3, -0.25) is 0 Å². The summed E-state index contributed by atoms with van der Waals surface area (Å²) in [6.07, 6.45) is 26.7. The summed E-state index contributed by atoms with van der Waals surface area (Å²) in [6, 6.07) is 0.996. The third-order valence-electron chi connectivity index (χ3n) is 7.69. The van der Waals surface area contributed by atoms with Gasteiger partial charge in [0.15, 0.2) is 0 Å². The van der Waals surface area contributed by atoms with Crippen molar-refractivity contribution in [3.05, 3.63) is 0 Å². The van der Waals surface area contributed by atoms with Crippen LogP contribution in [0.3, 0.4) is 0 Å². The van der Waals surface area contributed by atoms with Crippen LogP contribution in [0.15, 0.2) is 0 Å². The third kappa shape index (κ3) is 7.91. The predicted molar refractivity (Wildman–Crippen MR) is 117 cm³/mol. The van der Waals surface area contributed by atoms with Crippen LogP contribution in [0.1, 0.15) is 122 Å². The molecule has 26 heavy (non-hydrogen) atoms.